The molecule has 0 bridgehead atoms. The van der Waals surface area contributed by atoms with Gasteiger partial charge in [-0.3, -0.25) is 0 Å². The highest BCUT2D eigenvalue weighted by Crippen LogP contribution is 2.31. The van der Waals surface area contributed by atoms with Crippen molar-refractivity contribution in [2.24, 2.45) is 0 Å². The molecule has 0 saturated heterocycles. The molecule has 1 aromatic rings. The molecule has 0 aliphatic heterocycles. The van der Waals surface area contributed by atoms with E-state index in [9.17, 15) is 0 Å². The van der Waals surface area contributed by atoms with E-state index in [1.54, 1.807) is 11.8 Å². The van der Waals surface area contributed by atoms with Crippen molar-refractivity contribution in [2.45, 2.75) is 30.4 Å². The van der Waals surface area contributed by atoms with Gasteiger partial charge in [-0.2, -0.15) is 0 Å². The van der Waals surface area contributed by atoms with Gasteiger partial charge < -0.3 is 5.73 Å². The van der Waals surface area contributed by atoms with Gasteiger partial charge >= 0.3 is 0 Å². The van der Waals surface area contributed by atoms with Gasteiger partial charge in [0, 0.05) is 20.9 Å². The van der Waals surface area contributed by atoms with Crippen molar-refractivity contribution < 1.29 is 0 Å². The standard InChI is InChI=1S/C10H14ClNS/c1-3-7(2)13-10-6-8(11)4-5-9(10)12/h4-7H,3,12H2,1-2H3. The van der Waals surface area contributed by atoms with E-state index in [0.29, 0.717) is 5.25 Å². The van der Waals surface area contributed by atoms with Crippen LogP contribution in [0.2, 0.25) is 5.02 Å². The fraction of sp³-hybridized carbons (Fsp3) is 0.400. The molecule has 0 aliphatic rings. The highest BCUT2D eigenvalue weighted by Gasteiger charge is 2.05. The highest BCUT2D eigenvalue weighted by molar-refractivity contribution is 8.00. The van der Waals surface area contributed by atoms with Crippen LogP contribution in [-0.2, 0) is 0 Å². The fourth-order valence-corrected chi connectivity index (χ4v) is 2.15. The molecular formula is C10H14ClNS. The molecule has 0 aromatic heterocycles. The fourth-order valence-electron chi connectivity index (χ4n) is 0.910. The predicted octanol–water partition coefficient (Wildman–Crippen LogP) is 3.81. The van der Waals surface area contributed by atoms with E-state index in [1.807, 2.05) is 18.2 Å². The Morgan fingerprint density at radius 1 is 1.54 bits per heavy atom. The Balaban J connectivity index is 2.81. The van der Waals surface area contributed by atoms with Crippen LogP contribution in [0.1, 0.15) is 20.3 Å². The normalized spacial score (nSPS) is 12.8. The molecular weight excluding hydrogens is 202 g/mol. The lowest BCUT2D eigenvalue weighted by atomic mass is 10.3. The number of thioether (sulfide) groups is 1. The maximum Gasteiger partial charge on any atom is 0.0453 e. The minimum Gasteiger partial charge on any atom is -0.398 e. The summed E-state index contributed by atoms with van der Waals surface area (Å²) in [5.41, 5.74) is 6.63. The first-order valence-electron chi connectivity index (χ1n) is 4.35. The Hall–Kier alpha value is -0.340. The highest BCUT2D eigenvalue weighted by atomic mass is 35.5. The minimum atomic E-state index is 0.584. The summed E-state index contributed by atoms with van der Waals surface area (Å²) < 4.78 is 0. The third-order valence-corrected chi connectivity index (χ3v) is 3.46. The molecule has 1 unspecified atom stereocenters. The summed E-state index contributed by atoms with van der Waals surface area (Å²) in [7, 11) is 0. The molecule has 1 rings (SSSR count). The summed E-state index contributed by atoms with van der Waals surface area (Å²) in [6.07, 6.45) is 1.14. The van der Waals surface area contributed by atoms with Crippen LogP contribution in [-0.4, -0.2) is 5.25 Å². The molecule has 1 nitrogen and oxygen atoms in total. The second-order valence-electron chi connectivity index (χ2n) is 3.02. The second-order valence-corrected chi connectivity index (χ2v) is 4.94. The van der Waals surface area contributed by atoms with E-state index < -0.39 is 0 Å². The van der Waals surface area contributed by atoms with Gasteiger partial charge in [0.1, 0.15) is 0 Å². The number of hydrogen-bond acceptors (Lipinski definition) is 2. The molecule has 13 heavy (non-hydrogen) atoms. The first-order valence-corrected chi connectivity index (χ1v) is 5.61. The molecule has 0 heterocycles. The van der Waals surface area contributed by atoms with Crippen LogP contribution in [0.4, 0.5) is 5.69 Å². The minimum absolute atomic E-state index is 0.584. The SMILES string of the molecule is CCC(C)Sc1cc(Cl)ccc1N. The lowest BCUT2D eigenvalue weighted by Gasteiger charge is -2.10. The van der Waals surface area contributed by atoms with Crippen LogP contribution in [0.25, 0.3) is 0 Å². The average Bonchev–Trinajstić information content (AvgIpc) is 2.11. The number of halogens is 1. The predicted molar refractivity (Wildman–Crippen MR) is 61.5 cm³/mol. The number of nitrogen functional groups attached to an aromatic ring is 1. The van der Waals surface area contributed by atoms with Crippen LogP contribution in [0, 0.1) is 0 Å². The molecule has 1 aromatic carbocycles. The van der Waals surface area contributed by atoms with E-state index in [4.69, 9.17) is 17.3 Å². The molecule has 0 spiro atoms. The van der Waals surface area contributed by atoms with Gasteiger partial charge in [-0.05, 0) is 24.6 Å². The topological polar surface area (TPSA) is 26.0 Å². The zero-order chi connectivity index (χ0) is 9.84. The third-order valence-electron chi connectivity index (χ3n) is 1.88. The first-order chi connectivity index (χ1) is 6.13. The Kier molecular flexibility index (Phi) is 3.94. The largest absolute Gasteiger partial charge is 0.398 e. The summed E-state index contributed by atoms with van der Waals surface area (Å²) in [5, 5.41) is 1.33. The molecule has 72 valence electrons. The van der Waals surface area contributed by atoms with Crippen molar-refractivity contribution in [3.05, 3.63) is 23.2 Å². The van der Waals surface area contributed by atoms with E-state index >= 15 is 0 Å². The van der Waals surface area contributed by atoms with E-state index in [2.05, 4.69) is 13.8 Å². The van der Waals surface area contributed by atoms with Crippen molar-refractivity contribution in [1.29, 1.82) is 0 Å². The van der Waals surface area contributed by atoms with Gasteiger partial charge in [-0.1, -0.05) is 25.4 Å². The van der Waals surface area contributed by atoms with Crippen LogP contribution in [0.15, 0.2) is 23.1 Å². The van der Waals surface area contributed by atoms with Gasteiger partial charge in [0.2, 0.25) is 0 Å². The maximum atomic E-state index is 5.87. The van der Waals surface area contributed by atoms with Gasteiger partial charge in [-0.15, -0.1) is 11.8 Å². The quantitative estimate of drug-likeness (QED) is 0.613. The maximum absolute atomic E-state index is 5.87. The monoisotopic (exact) mass is 215 g/mol. The molecule has 0 radical (unpaired) electrons. The lowest BCUT2D eigenvalue weighted by Crippen LogP contribution is -1.95. The van der Waals surface area contributed by atoms with Crippen LogP contribution in [0.3, 0.4) is 0 Å². The lowest BCUT2D eigenvalue weighted by molar-refractivity contribution is 0.906. The van der Waals surface area contributed by atoms with Crippen LogP contribution < -0.4 is 5.73 Å². The number of rotatable bonds is 3. The summed E-state index contributed by atoms with van der Waals surface area (Å²) in [5.74, 6) is 0. The number of anilines is 1. The first kappa shape index (κ1) is 10.7. The second kappa shape index (κ2) is 4.77. The van der Waals surface area contributed by atoms with Gasteiger partial charge in [-0.25, -0.2) is 0 Å². The number of hydrogen-bond donors (Lipinski definition) is 1. The number of nitrogens with two attached hydrogens (primary N) is 1. The summed E-state index contributed by atoms with van der Waals surface area (Å²) in [6.45, 7) is 4.35. The van der Waals surface area contributed by atoms with Gasteiger partial charge in [0.05, 0.1) is 0 Å². The summed E-state index contributed by atoms with van der Waals surface area (Å²) >= 11 is 7.65. The van der Waals surface area contributed by atoms with Gasteiger partial charge in [0.25, 0.3) is 0 Å². The molecule has 0 aliphatic carbocycles. The Morgan fingerprint density at radius 3 is 2.85 bits per heavy atom. The Morgan fingerprint density at radius 2 is 2.23 bits per heavy atom. The molecule has 0 amide bonds. The molecule has 1 atom stereocenters. The Labute approximate surface area is 88.7 Å². The smallest absolute Gasteiger partial charge is 0.0453 e. The van der Waals surface area contributed by atoms with Crippen molar-refractivity contribution in [1.82, 2.24) is 0 Å². The van der Waals surface area contributed by atoms with Gasteiger partial charge in [0.15, 0.2) is 0 Å². The Bertz CT molecular complexity index is 288. The van der Waals surface area contributed by atoms with Crippen LogP contribution in [0.5, 0.6) is 0 Å². The van der Waals surface area contributed by atoms with Crippen molar-refractivity contribution in [3.63, 3.8) is 0 Å². The molecule has 0 fully saturated rings. The third kappa shape index (κ3) is 3.12. The molecule has 2 N–H and O–H groups in total. The summed E-state index contributed by atoms with van der Waals surface area (Å²) in [4.78, 5) is 1.09. The number of benzene rings is 1. The van der Waals surface area contributed by atoms with E-state index in [-0.39, 0.29) is 0 Å². The zero-order valence-corrected chi connectivity index (χ0v) is 9.45. The average molecular weight is 216 g/mol. The van der Waals surface area contributed by atoms with E-state index in [1.165, 1.54) is 0 Å². The van der Waals surface area contributed by atoms with E-state index in [0.717, 1.165) is 22.0 Å². The summed E-state index contributed by atoms with van der Waals surface area (Å²) in [6, 6.07) is 5.60. The van der Waals surface area contributed by atoms with Crippen molar-refractivity contribution in [3.8, 4) is 0 Å². The van der Waals surface area contributed by atoms with Crippen molar-refractivity contribution >= 4 is 29.1 Å². The zero-order valence-electron chi connectivity index (χ0n) is 7.88. The van der Waals surface area contributed by atoms with Crippen LogP contribution >= 0.6 is 23.4 Å². The molecule has 3 heteroatoms. The molecule has 0 saturated carbocycles. The van der Waals surface area contributed by atoms with Crippen molar-refractivity contribution in [2.75, 3.05) is 5.73 Å².